The number of halogens is 1. The van der Waals surface area contributed by atoms with Crippen LogP contribution in [0, 0.1) is 25.6 Å². The zero-order valence-corrected chi connectivity index (χ0v) is 16.5. The van der Waals surface area contributed by atoms with Crippen molar-refractivity contribution in [1.82, 2.24) is 10.6 Å². The van der Waals surface area contributed by atoms with Crippen LogP contribution >= 0.6 is 0 Å². The molecular formula is C22H24FN3O3. The highest BCUT2D eigenvalue weighted by Crippen LogP contribution is 2.29. The minimum absolute atomic E-state index is 0.0376. The third kappa shape index (κ3) is 4.62. The van der Waals surface area contributed by atoms with Gasteiger partial charge in [-0.25, -0.2) is 4.39 Å². The van der Waals surface area contributed by atoms with Gasteiger partial charge >= 0.3 is 0 Å². The predicted molar refractivity (Wildman–Crippen MR) is 108 cm³/mol. The molecule has 2 N–H and O–H groups in total. The van der Waals surface area contributed by atoms with Crippen molar-refractivity contribution in [1.29, 1.82) is 0 Å². The highest BCUT2D eigenvalue weighted by Gasteiger charge is 2.35. The van der Waals surface area contributed by atoms with Crippen LogP contribution in [0.3, 0.4) is 0 Å². The van der Waals surface area contributed by atoms with Gasteiger partial charge in [-0.2, -0.15) is 0 Å². The van der Waals surface area contributed by atoms with Gasteiger partial charge in [0.1, 0.15) is 5.82 Å². The molecule has 1 aliphatic heterocycles. The first-order chi connectivity index (χ1) is 13.9. The number of hydrogen-bond donors (Lipinski definition) is 2. The van der Waals surface area contributed by atoms with Crippen LogP contribution in [0.2, 0.25) is 0 Å². The van der Waals surface area contributed by atoms with E-state index in [1.165, 1.54) is 18.2 Å². The molecule has 2 aromatic carbocycles. The van der Waals surface area contributed by atoms with Gasteiger partial charge in [0.25, 0.3) is 5.91 Å². The summed E-state index contributed by atoms with van der Waals surface area (Å²) in [6.45, 7) is 4.65. The number of benzene rings is 2. The average molecular weight is 397 g/mol. The second-order valence-corrected chi connectivity index (χ2v) is 7.15. The Kier molecular flexibility index (Phi) is 6.26. The van der Waals surface area contributed by atoms with Crippen LogP contribution in [0.25, 0.3) is 0 Å². The summed E-state index contributed by atoms with van der Waals surface area (Å²) in [6.07, 6.45) is 0.154. The van der Waals surface area contributed by atoms with Crippen LogP contribution in [0.15, 0.2) is 42.5 Å². The van der Waals surface area contributed by atoms with E-state index in [-0.39, 0.29) is 36.9 Å². The number of amides is 3. The third-order valence-electron chi connectivity index (χ3n) is 5.19. The Labute approximate surface area is 169 Å². The van der Waals surface area contributed by atoms with Gasteiger partial charge in [-0.3, -0.25) is 14.4 Å². The summed E-state index contributed by atoms with van der Waals surface area (Å²) in [5.41, 5.74) is 2.92. The minimum atomic E-state index is -0.593. The van der Waals surface area contributed by atoms with E-state index in [0.717, 1.165) is 16.8 Å². The lowest BCUT2D eigenvalue weighted by atomic mass is 10.1. The molecule has 3 amide bonds. The Morgan fingerprint density at radius 2 is 1.79 bits per heavy atom. The number of nitrogens with one attached hydrogen (secondary N) is 2. The maximum absolute atomic E-state index is 13.6. The Morgan fingerprint density at radius 3 is 2.55 bits per heavy atom. The van der Waals surface area contributed by atoms with Gasteiger partial charge in [0.15, 0.2) is 0 Å². The summed E-state index contributed by atoms with van der Waals surface area (Å²) >= 11 is 0. The largest absolute Gasteiger partial charge is 0.354 e. The van der Waals surface area contributed by atoms with Crippen molar-refractivity contribution in [3.63, 3.8) is 0 Å². The lowest BCUT2D eigenvalue weighted by Gasteiger charge is -2.20. The topological polar surface area (TPSA) is 78.5 Å². The number of hydrogen-bond acceptors (Lipinski definition) is 3. The van der Waals surface area contributed by atoms with Crippen LogP contribution in [-0.2, 0) is 9.59 Å². The van der Waals surface area contributed by atoms with E-state index >= 15 is 0 Å². The normalized spacial score (nSPS) is 16.0. The van der Waals surface area contributed by atoms with E-state index in [9.17, 15) is 18.8 Å². The van der Waals surface area contributed by atoms with Gasteiger partial charge in [-0.15, -0.1) is 0 Å². The fourth-order valence-corrected chi connectivity index (χ4v) is 3.39. The molecule has 0 radical (unpaired) electrons. The molecule has 0 bridgehead atoms. The second kappa shape index (κ2) is 8.86. The Morgan fingerprint density at radius 1 is 1.07 bits per heavy atom. The molecule has 1 aliphatic rings. The molecule has 1 atom stereocenters. The van der Waals surface area contributed by atoms with E-state index in [2.05, 4.69) is 10.6 Å². The molecule has 1 unspecified atom stereocenters. The summed E-state index contributed by atoms with van der Waals surface area (Å²) in [5.74, 6) is -1.87. The third-order valence-corrected chi connectivity index (χ3v) is 5.19. The molecule has 152 valence electrons. The van der Waals surface area contributed by atoms with Gasteiger partial charge in [0, 0.05) is 31.7 Å². The summed E-state index contributed by atoms with van der Waals surface area (Å²) in [6, 6.07) is 11.5. The van der Waals surface area contributed by atoms with Crippen molar-refractivity contribution < 1.29 is 18.8 Å². The first-order valence-corrected chi connectivity index (χ1v) is 9.55. The number of nitrogens with zero attached hydrogens (tertiary/aromatic N) is 1. The molecule has 0 saturated carbocycles. The standard InChI is InChI=1S/C22H24FN3O3/c1-14-6-5-9-19(15(14)2)26-13-16(12-20(26)27)21(28)24-10-11-25-22(29)17-7-3-4-8-18(17)23/h3-9,16H,10-13H2,1-2H3,(H,24,28)(H,25,29). The van der Waals surface area contributed by atoms with Crippen LogP contribution in [0.1, 0.15) is 27.9 Å². The molecule has 0 spiro atoms. The zero-order chi connectivity index (χ0) is 21.0. The van der Waals surface area contributed by atoms with Gasteiger partial charge in [-0.1, -0.05) is 24.3 Å². The summed E-state index contributed by atoms with van der Waals surface area (Å²) < 4.78 is 13.6. The lowest BCUT2D eigenvalue weighted by Crippen LogP contribution is -2.38. The maximum atomic E-state index is 13.6. The number of aryl methyl sites for hydroxylation is 1. The summed E-state index contributed by atoms with van der Waals surface area (Å²) in [4.78, 5) is 38.5. The highest BCUT2D eigenvalue weighted by atomic mass is 19.1. The van der Waals surface area contributed by atoms with Gasteiger partial charge in [0.2, 0.25) is 11.8 Å². The van der Waals surface area contributed by atoms with Crippen molar-refractivity contribution in [3.8, 4) is 0 Å². The van der Waals surface area contributed by atoms with Crippen LogP contribution in [0.5, 0.6) is 0 Å². The Hall–Kier alpha value is -3.22. The fourth-order valence-electron chi connectivity index (χ4n) is 3.39. The number of carbonyl (C=O) groups is 3. The molecule has 3 rings (SSSR count). The molecular weight excluding hydrogens is 373 g/mol. The van der Waals surface area contributed by atoms with Crippen LogP contribution in [-0.4, -0.2) is 37.4 Å². The molecule has 6 nitrogen and oxygen atoms in total. The maximum Gasteiger partial charge on any atom is 0.254 e. The fraction of sp³-hybridized carbons (Fsp3) is 0.318. The monoisotopic (exact) mass is 397 g/mol. The molecule has 7 heteroatoms. The van der Waals surface area contributed by atoms with Crippen molar-refractivity contribution in [2.24, 2.45) is 5.92 Å². The Bertz CT molecular complexity index is 945. The van der Waals surface area contributed by atoms with Crippen LogP contribution in [0.4, 0.5) is 10.1 Å². The van der Waals surface area contributed by atoms with E-state index < -0.39 is 17.6 Å². The quantitative estimate of drug-likeness (QED) is 0.735. The van der Waals surface area contributed by atoms with Gasteiger partial charge in [-0.05, 0) is 43.2 Å². The predicted octanol–water partition coefficient (Wildman–Crippen LogP) is 2.34. The number of anilines is 1. The summed E-state index contributed by atoms with van der Waals surface area (Å²) in [7, 11) is 0. The van der Waals surface area contributed by atoms with Crippen LogP contribution < -0.4 is 15.5 Å². The second-order valence-electron chi connectivity index (χ2n) is 7.15. The van der Waals surface area contributed by atoms with Gasteiger partial charge in [0.05, 0.1) is 11.5 Å². The highest BCUT2D eigenvalue weighted by molar-refractivity contribution is 6.01. The zero-order valence-electron chi connectivity index (χ0n) is 16.5. The first-order valence-electron chi connectivity index (χ1n) is 9.55. The van der Waals surface area contributed by atoms with Crippen molar-refractivity contribution in [2.45, 2.75) is 20.3 Å². The SMILES string of the molecule is Cc1cccc(N2CC(C(=O)NCCNC(=O)c3ccccc3F)CC2=O)c1C. The lowest BCUT2D eigenvalue weighted by molar-refractivity contribution is -0.126. The number of carbonyl (C=O) groups excluding carboxylic acids is 3. The molecule has 29 heavy (non-hydrogen) atoms. The molecule has 0 aliphatic carbocycles. The smallest absolute Gasteiger partial charge is 0.254 e. The molecule has 1 heterocycles. The average Bonchev–Trinajstić information content (AvgIpc) is 3.09. The summed E-state index contributed by atoms with van der Waals surface area (Å²) in [5, 5.41) is 5.31. The Balaban J connectivity index is 1.49. The molecule has 1 saturated heterocycles. The number of rotatable bonds is 6. The van der Waals surface area contributed by atoms with Crippen molar-refractivity contribution in [3.05, 3.63) is 65.0 Å². The van der Waals surface area contributed by atoms with Gasteiger partial charge < -0.3 is 15.5 Å². The van der Waals surface area contributed by atoms with E-state index in [1.807, 2.05) is 32.0 Å². The van der Waals surface area contributed by atoms with Crippen molar-refractivity contribution >= 4 is 23.4 Å². The van der Waals surface area contributed by atoms with Crippen molar-refractivity contribution in [2.75, 3.05) is 24.5 Å². The molecule has 1 fully saturated rings. The minimum Gasteiger partial charge on any atom is -0.354 e. The molecule has 0 aromatic heterocycles. The van der Waals surface area contributed by atoms with E-state index in [4.69, 9.17) is 0 Å². The molecule has 2 aromatic rings. The van der Waals surface area contributed by atoms with E-state index in [1.54, 1.807) is 11.0 Å². The van der Waals surface area contributed by atoms with E-state index in [0.29, 0.717) is 6.54 Å². The first kappa shape index (κ1) is 20.5.